The summed E-state index contributed by atoms with van der Waals surface area (Å²) in [4.78, 5) is 4.84. The molecule has 0 saturated carbocycles. The summed E-state index contributed by atoms with van der Waals surface area (Å²) < 4.78 is 28.8. The molecule has 16 rings (SSSR count). The predicted octanol–water partition coefficient (Wildman–Crippen LogP) is 22.3. The Morgan fingerprint density at radius 1 is 0.304 bits per heavy atom. The first-order valence-corrected chi connectivity index (χ1v) is 28.0. The molecule has 7 heteroatoms. The second-order valence-corrected chi connectivity index (χ2v) is 24.1. The highest BCUT2D eigenvalue weighted by molar-refractivity contribution is 7.18. The van der Waals surface area contributed by atoms with E-state index in [1.165, 1.54) is 15.8 Å². The Morgan fingerprint density at radius 3 is 1.14 bits per heavy atom. The molecule has 79 heavy (non-hydrogen) atoms. The highest BCUT2D eigenvalue weighted by atomic mass is 32.1. The van der Waals surface area contributed by atoms with Gasteiger partial charge in [-0.2, -0.15) is 0 Å². The molecule has 0 fully saturated rings. The summed E-state index contributed by atoms with van der Waals surface area (Å²) in [6.07, 6.45) is 0. The van der Waals surface area contributed by atoms with E-state index in [1.807, 2.05) is 24.3 Å². The molecule has 11 aromatic carbocycles. The normalized spacial score (nSPS) is 12.7. The molecule has 0 radical (unpaired) electrons. The molecule has 5 aromatic heterocycles. The van der Waals surface area contributed by atoms with Crippen molar-refractivity contribution in [1.82, 2.24) is 0 Å². The number of anilines is 6. The lowest BCUT2D eigenvalue weighted by molar-refractivity contribution is 0.590. The van der Waals surface area contributed by atoms with Crippen molar-refractivity contribution < 1.29 is 17.7 Å². The number of hydrogen-bond donors (Lipinski definition) is 0. The number of nitrogens with zero attached hydrogens (tertiary/aromatic N) is 2. The van der Waals surface area contributed by atoms with E-state index in [4.69, 9.17) is 17.7 Å². The molecule has 0 saturated heterocycles. The van der Waals surface area contributed by atoms with E-state index in [0.717, 1.165) is 149 Å². The number of rotatable bonds is 6. The van der Waals surface area contributed by atoms with Gasteiger partial charge in [-0.15, -0.1) is 11.3 Å². The highest BCUT2D eigenvalue weighted by Crippen LogP contribution is 2.55. The van der Waals surface area contributed by atoms with Crippen LogP contribution in [0.4, 0.5) is 34.1 Å². The fourth-order valence-electron chi connectivity index (χ4n) is 12.5. The molecule has 0 bridgehead atoms. The van der Waals surface area contributed by atoms with Gasteiger partial charge >= 0.3 is 0 Å². The Morgan fingerprint density at radius 2 is 0.684 bits per heavy atom. The number of benzene rings is 11. The predicted molar refractivity (Wildman–Crippen MR) is 333 cm³/mol. The van der Waals surface area contributed by atoms with Crippen LogP contribution in [-0.2, 0) is 10.8 Å². The molecular weight excluding hydrogens is 989 g/mol. The number of para-hydroxylation sites is 4. The van der Waals surface area contributed by atoms with Crippen molar-refractivity contribution in [2.24, 2.45) is 0 Å². The smallest absolute Gasteiger partial charge is 0.146 e. The Kier molecular flexibility index (Phi) is 9.64. The highest BCUT2D eigenvalue weighted by Gasteiger charge is 2.30. The fraction of sp³-hybridized carbons (Fsp3) is 0.111. The maximum absolute atomic E-state index is 7.39. The number of furan rings is 4. The Hall–Kier alpha value is -9.30. The van der Waals surface area contributed by atoms with Gasteiger partial charge in [0, 0.05) is 81.3 Å². The third-order valence-corrected chi connectivity index (χ3v) is 17.4. The number of fused-ring (bicyclic) bond motifs is 20. The van der Waals surface area contributed by atoms with Gasteiger partial charge in [0.2, 0.25) is 0 Å². The van der Waals surface area contributed by atoms with Gasteiger partial charge in [-0.3, -0.25) is 0 Å². The van der Waals surface area contributed by atoms with Crippen LogP contribution < -0.4 is 9.80 Å². The maximum atomic E-state index is 7.39. The van der Waals surface area contributed by atoms with Crippen LogP contribution in [0.25, 0.3) is 119 Å². The third kappa shape index (κ3) is 6.88. The van der Waals surface area contributed by atoms with Crippen molar-refractivity contribution >= 4 is 165 Å². The van der Waals surface area contributed by atoms with Crippen LogP contribution >= 0.6 is 11.3 Å². The average Bonchev–Trinajstić information content (AvgIpc) is 3.69. The van der Waals surface area contributed by atoms with Gasteiger partial charge in [-0.05, 0) is 136 Å². The topological polar surface area (TPSA) is 59.0 Å². The lowest BCUT2D eigenvalue weighted by Crippen LogP contribution is -2.13. The van der Waals surface area contributed by atoms with Gasteiger partial charge < -0.3 is 27.5 Å². The molecular formula is C72H52N2O4S. The molecule has 380 valence electrons. The van der Waals surface area contributed by atoms with E-state index >= 15 is 0 Å². The number of hydrogen-bond acceptors (Lipinski definition) is 7. The second-order valence-electron chi connectivity index (χ2n) is 23.2. The van der Waals surface area contributed by atoms with Gasteiger partial charge in [0.05, 0.1) is 22.1 Å². The Labute approximate surface area is 458 Å². The van der Waals surface area contributed by atoms with Gasteiger partial charge in [0.15, 0.2) is 0 Å². The van der Waals surface area contributed by atoms with E-state index in [1.54, 1.807) is 11.3 Å². The Balaban J connectivity index is 1.04. The molecule has 0 N–H and O–H groups in total. The number of thiophene rings is 1. The summed E-state index contributed by atoms with van der Waals surface area (Å²) in [6.45, 7) is 13.6. The molecule has 0 amide bonds. The minimum Gasteiger partial charge on any atom is -0.456 e. The molecule has 5 heterocycles. The summed E-state index contributed by atoms with van der Waals surface area (Å²) in [5.74, 6) is 0. The summed E-state index contributed by atoms with van der Waals surface area (Å²) in [5, 5.41) is 16.0. The standard InChI is InChI=1S/C72H52N2O4S/c1-71(2,3)41-23-27-43(28-24-41)73(45-31-33-62-52(37-45)47-15-7-11-19-58(47)75-62)56-39-54-49-35-36-79-70(49)55-40-57(65-51-18-10-14-22-61(51)78-69(65)67(55)66(54)68-64(56)50-17-9-13-21-60(50)77-68)74(44-29-25-42(26-30-44)72(4,5)6)46-32-34-63-53(38-46)48-16-8-12-20-59(48)76-63/h7-40H,1-6H3. The van der Waals surface area contributed by atoms with E-state index in [-0.39, 0.29) is 10.8 Å². The van der Waals surface area contributed by atoms with Crippen LogP contribution in [0.3, 0.4) is 0 Å². The third-order valence-electron chi connectivity index (χ3n) is 16.4. The first-order valence-electron chi connectivity index (χ1n) is 27.1. The SMILES string of the molecule is CC(C)(C)c1ccc(N(c2ccc3oc4ccccc4c3c2)c2cc3c4ccsc4c4cc(N(c5ccc(C(C)(C)C)cc5)c5ccc6oc7ccccc7c6c5)c5c6ccccc6oc5c4c3c3oc4ccccc4c23)cc1. The van der Waals surface area contributed by atoms with E-state index in [9.17, 15) is 0 Å². The van der Waals surface area contributed by atoms with Gasteiger partial charge in [0.1, 0.15) is 44.7 Å². The van der Waals surface area contributed by atoms with Crippen LogP contribution in [0, 0.1) is 0 Å². The molecule has 6 nitrogen and oxygen atoms in total. The molecule has 16 aromatic rings. The van der Waals surface area contributed by atoms with Crippen LogP contribution in [0.5, 0.6) is 0 Å². The minimum atomic E-state index is -0.0291. The molecule has 0 unspecified atom stereocenters. The van der Waals surface area contributed by atoms with Crippen LogP contribution in [-0.4, -0.2) is 0 Å². The zero-order valence-corrected chi connectivity index (χ0v) is 45.4. The molecule has 0 atom stereocenters. The summed E-state index contributed by atoms with van der Waals surface area (Å²) in [5.41, 5.74) is 15.3. The summed E-state index contributed by atoms with van der Waals surface area (Å²) >= 11 is 1.77. The molecule has 0 aliphatic heterocycles. The largest absolute Gasteiger partial charge is 0.456 e. The molecule has 0 aliphatic rings. The quantitative estimate of drug-likeness (QED) is 0.155. The first-order chi connectivity index (χ1) is 38.4. The van der Waals surface area contributed by atoms with E-state index in [2.05, 4.69) is 233 Å². The van der Waals surface area contributed by atoms with E-state index in [0.29, 0.717) is 0 Å². The van der Waals surface area contributed by atoms with Crippen molar-refractivity contribution in [2.45, 2.75) is 52.4 Å². The van der Waals surface area contributed by atoms with Crippen molar-refractivity contribution in [3.05, 3.63) is 217 Å². The van der Waals surface area contributed by atoms with Gasteiger partial charge in [-0.1, -0.05) is 139 Å². The minimum absolute atomic E-state index is 0.0289. The average molecular weight is 1040 g/mol. The van der Waals surface area contributed by atoms with Crippen molar-refractivity contribution in [2.75, 3.05) is 9.80 Å². The monoisotopic (exact) mass is 1040 g/mol. The lowest BCUT2D eigenvalue weighted by Gasteiger charge is -2.29. The zero-order valence-electron chi connectivity index (χ0n) is 44.6. The van der Waals surface area contributed by atoms with Crippen molar-refractivity contribution in [1.29, 1.82) is 0 Å². The van der Waals surface area contributed by atoms with Crippen molar-refractivity contribution in [3.63, 3.8) is 0 Å². The fourth-order valence-corrected chi connectivity index (χ4v) is 13.4. The van der Waals surface area contributed by atoms with E-state index < -0.39 is 0 Å². The van der Waals surface area contributed by atoms with Crippen molar-refractivity contribution in [3.8, 4) is 0 Å². The lowest BCUT2D eigenvalue weighted by atomic mass is 9.87. The summed E-state index contributed by atoms with van der Waals surface area (Å²) in [6, 6.07) is 72.1. The van der Waals surface area contributed by atoms with Crippen LogP contribution in [0.1, 0.15) is 52.7 Å². The van der Waals surface area contributed by atoms with Gasteiger partial charge in [0.25, 0.3) is 0 Å². The zero-order chi connectivity index (χ0) is 53.1. The summed E-state index contributed by atoms with van der Waals surface area (Å²) in [7, 11) is 0. The Bertz CT molecular complexity index is 4850. The molecule has 0 spiro atoms. The van der Waals surface area contributed by atoms with Crippen LogP contribution in [0.2, 0.25) is 0 Å². The molecule has 0 aliphatic carbocycles. The van der Waals surface area contributed by atoms with Gasteiger partial charge in [-0.25, -0.2) is 0 Å². The van der Waals surface area contributed by atoms with Crippen LogP contribution in [0.15, 0.2) is 223 Å². The maximum Gasteiger partial charge on any atom is 0.146 e. The first kappa shape index (κ1) is 45.9. The second kappa shape index (κ2) is 16.6.